The Morgan fingerprint density at radius 1 is 0.609 bits per heavy atom. The number of halogens is 2. The Morgan fingerprint density at radius 2 is 0.884 bits per heavy atom. The Kier molecular flexibility index (Phi) is 89.7. The molecule has 0 N–H and O–H groups in total. The van der Waals surface area contributed by atoms with E-state index in [1.165, 1.54) is 47.9 Å². The Balaban J connectivity index is -0.0000000375. The molecule has 1 unspecified atom stereocenters. The molecule has 0 saturated heterocycles. The molecule has 0 spiro atoms. The zero-order valence-corrected chi connectivity index (χ0v) is 45.0. The number of nitrogens with zero attached hydrogens (tertiary/aromatic N) is 2. The normalized spacial score (nSPS) is 9.49. The van der Waals surface area contributed by atoms with Crippen LogP contribution in [0.15, 0.2) is 42.5 Å². The summed E-state index contributed by atoms with van der Waals surface area (Å²) in [5.41, 5.74) is 5.90. The number of hydrogen-bond acceptors (Lipinski definition) is 7. The van der Waals surface area contributed by atoms with Gasteiger partial charge in [-0.25, -0.2) is 0 Å². The van der Waals surface area contributed by atoms with Crippen LogP contribution in [0.4, 0.5) is 0 Å². The minimum absolute atomic E-state index is 0. The molecule has 0 amide bonds. The van der Waals surface area contributed by atoms with Gasteiger partial charge in [-0.1, -0.05) is 130 Å². The van der Waals surface area contributed by atoms with Crippen LogP contribution < -0.4 is 24.8 Å². The largest absolute Gasteiger partial charge is 1.00 e. The van der Waals surface area contributed by atoms with Crippen molar-refractivity contribution < 1.29 is 57.9 Å². The van der Waals surface area contributed by atoms with Crippen molar-refractivity contribution in [2.75, 3.05) is 62.5 Å². The molecule has 10 heteroatoms. The number of aryl methyl sites for hydroxylation is 4. The smallest absolute Gasteiger partial charge is 1.00 e. The predicted octanol–water partition coefficient (Wildman–Crippen LogP) is 11.2. The van der Waals surface area contributed by atoms with Gasteiger partial charge in [-0.3, -0.25) is 9.59 Å². The van der Waals surface area contributed by atoms with E-state index in [4.69, 9.17) is 11.2 Å². The molecule has 2 aromatic carbocycles. The summed E-state index contributed by atoms with van der Waals surface area (Å²) in [6.45, 7) is 35.7. The number of ether oxygens (including phenoxy) is 3. The van der Waals surface area contributed by atoms with Crippen LogP contribution in [0.25, 0.3) is 0 Å². The molecule has 69 heavy (non-hydrogen) atoms. The summed E-state index contributed by atoms with van der Waals surface area (Å²) < 4.78 is 14.8. The van der Waals surface area contributed by atoms with Crippen molar-refractivity contribution in [3.8, 4) is 6.11 Å². The summed E-state index contributed by atoms with van der Waals surface area (Å²) in [6, 6.07) is 15.1. The number of benzene rings is 2. The van der Waals surface area contributed by atoms with Gasteiger partial charge in [0, 0.05) is 0 Å². The van der Waals surface area contributed by atoms with E-state index in [0.717, 1.165) is 17.3 Å². The number of esters is 3. The molecular formula is C59H124Cl2N2O6. The molecule has 8 nitrogen and oxygen atoms in total. The third kappa shape index (κ3) is 61.2. The van der Waals surface area contributed by atoms with E-state index in [1.807, 2.05) is 81.4 Å². The first-order valence-electron chi connectivity index (χ1n) is 21.3. The molecule has 1 atom stereocenters. The van der Waals surface area contributed by atoms with Gasteiger partial charge in [0.2, 0.25) is 0 Å². The standard InChI is InChI=1S/2C10H14.C8H16O2.C8H11O2.C7H14O2.C5H14N.C3H9N.8CH4.2ClH/c1-7-5-9(3)10(4)6-8(7)2;1-3-9(2)10-7-5-4-6-8-10;2*1-5-8(3,4)7(9)10-6-2;1-5-7(2,3)6(8)9-4;1-5-6(2,3)4;1-4(2)3;;;;;;;;;;/h5-6H,1-4H3;4-9H,3H2,1-2H3;5-6H2,1-4H3;5H2,1,3-4H3;5H2,1-4H3;5H2,1-4H3;1-3H3;8*1H4;2*1H/q;;;+1;;+1;;;;;;;;;;;/p-2. The number of carbonyl (C=O) groups excluding carboxylic acids is 3. The number of rotatable bonds is 10. The summed E-state index contributed by atoms with van der Waals surface area (Å²) >= 11 is 0. The van der Waals surface area contributed by atoms with Crippen LogP contribution in [0.1, 0.15) is 209 Å². The molecule has 0 aliphatic heterocycles. The molecule has 0 aliphatic carbocycles. The van der Waals surface area contributed by atoms with Crippen molar-refractivity contribution >= 4 is 17.9 Å². The number of methoxy groups -OCH3 is 1. The molecule has 0 aromatic heterocycles. The van der Waals surface area contributed by atoms with E-state index in [1.54, 1.807) is 20.0 Å². The third-order valence-electron chi connectivity index (χ3n) is 9.95. The molecule has 2 rings (SSSR count). The maximum absolute atomic E-state index is 11.1. The summed E-state index contributed by atoms with van der Waals surface area (Å²) in [5, 5.41) is 0. The van der Waals surface area contributed by atoms with Gasteiger partial charge in [0.05, 0.1) is 52.2 Å². The van der Waals surface area contributed by atoms with Crippen molar-refractivity contribution in [1.29, 1.82) is 0 Å². The average Bonchev–Trinajstić information content (AvgIpc) is 3.17. The number of quaternary nitrogens is 1. The van der Waals surface area contributed by atoms with Gasteiger partial charge < -0.3 is 43.7 Å². The van der Waals surface area contributed by atoms with Gasteiger partial charge in [0.1, 0.15) is 0 Å². The first-order chi connectivity index (χ1) is 26.9. The van der Waals surface area contributed by atoms with Gasteiger partial charge in [0.25, 0.3) is 0 Å². The topological polar surface area (TPSA) is 82.1 Å². The van der Waals surface area contributed by atoms with E-state index in [0.29, 0.717) is 18.9 Å². The molecule has 0 fully saturated rings. The second-order valence-electron chi connectivity index (χ2n) is 18.1. The SMILES string of the molecule is C.C.C.C.C.C.C.C.CCC(C)(C)C(=O)OC.CCC(C)c1ccccc1.CCOC(=O)C(C)(C)CC.CC[N+](C)(C)C.CN(C)C.Cc1cc(C)c(C)cc1C.[C+]#COC(=O)C(C)(C)CC.[Cl-].[Cl-]. The van der Waals surface area contributed by atoms with Crippen molar-refractivity contribution in [2.45, 2.75) is 209 Å². The van der Waals surface area contributed by atoms with E-state index in [2.05, 4.69) is 122 Å². The van der Waals surface area contributed by atoms with E-state index in [9.17, 15) is 14.4 Å². The fourth-order valence-corrected chi connectivity index (χ4v) is 3.34. The zero-order chi connectivity index (χ0) is 47.8. The van der Waals surface area contributed by atoms with Crippen molar-refractivity contribution in [1.82, 2.24) is 4.90 Å². The van der Waals surface area contributed by atoms with Gasteiger partial charge in [-0.05, 0) is 143 Å². The molecule has 0 heterocycles. The minimum atomic E-state index is -0.492. The summed E-state index contributed by atoms with van der Waals surface area (Å²) in [5.74, 6) is 0.0775. The average molecular weight is 1030 g/mol. The predicted molar refractivity (Wildman–Crippen MR) is 307 cm³/mol. The minimum Gasteiger partial charge on any atom is -1.00 e. The fraction of sp³-hybridized carbons (Fsp3) is 0.712. The molecule has 0 saturated carbocycles. The van der Waals surface area contributed by atoms with Crippen molar-refractivity contribution in [3.05, 3.63) is 76.7 Å². The molecule has 0 radical (unpaired) electrons. The Hall–Kier alpha value is -2.87. The zero-order valence-electron chi connectivity index (χ0n) is 43.5. The maximum Gasteiger partial charge on any atom is -1.00 e. The molecular weight excluding hydrogens is 904 g/mol. The van der Waals surface area contributed by atoms with E-state index in [-0.39, 0.29) is 107 Å². The first kappa shape index (κ1) is 107. The Morgan fingerprint density at radius 3 is 1.09 bits per heavy atom. The van der Waals surface area contributed by atoms with Crippen molar-refractivity contribution in [2.24, 2.45) is 16.2 Å². The summed E-state index contributed by atoms with van der Waals surface area (Å²) in [6.07, 6.45) is 11.6. The van der Waals surface area contributed by atoms with Crippen molar-refractivity contribution in [3.63, 3.8) is 0 Å². The summed E-state index contributed by atoms with van der Waals surface area (Å²) in [7, 11) is 14.0. The maximum atomic E-state index is 11.1. The Bertz CT molecular complexity index is 1390. The van der Waals surface area contributed by atoms with Gasteiger partial charge in [0.15, 0.2) is 0 Å². The van der Waals surface area contributed by atoms with E-state index < -0.39 is 11.4 Å². The van der Waals surface area contributed by atoms with Crippen LogP contribution in [0.5, 0.6) is 0 Å². The fourth-order valence-electron chi connectivity index (χ4n) is 3.34. The van der Waals surface area contributed by atoms with Gasteiger partial charge in [-0.15, -0.1) is 0 Å². The second kappa shape index (κ2) is 57.7. The molecule has 420 valence electrons. The van der Waals surface area contributed by atoms with Crippen LogP contribution in [0.2, 0.25) is 0 Å². The van der Waals surface area contributed by atoms with Crippen LogP contribution in [0.3, 0.4) is 0 Å². The van der Waals surface area contributed by atoms with Crippen LogP contribution in [-0.2, 0) is 28.6 Å². The molecule has 0 aliphatic rings. The second-order valence-corrected chi connectivity index (χ2v) is 18.1. The third-order valence-corrected chi connectivity index (χ3v) is 9.95. The van der Waals surface area contributed by atoms with Crippen LogP contribution in [0, 0.1) is 56.5 Å². The quantitative estimate of drug-likeness (QED) is 0.0771. The van der Waals surface area contributed by atoms with Gasteiger partial charge in [-0.2, -0.15) is 0 Å². The van der Waals surface area contributed by atoms with Gasteiger partial charge >= 0.3 is 72.6 Å². The molecule has 0 bridgehead atoms. The number of carbonyl (C=O) groups is 3. The molecule has 2 aromatic rings. The summed E-state index contributed by atoms with van der Waals surface area (Å²) in [4.78, 5) is 34.8. The van der Waals surface area contributed by atoms with Crippen LogP contribution in [-0.4, -0.2) is 89.8 Å². The first-order valence-corrected chi connectivity index (χ1v) is 21.3. The number of hydrogen-bond donors (Lipinski definition) is 0. The Labute approximate surface area is 449 Å². The van der Waals surface area contributed by atoms with E-state index >= 15 is 0 Å². The monoisotopic (exact) mass is 1030 g/mol. The van der Waals surface area contributed by atoms with Crippen LogP contribution >= 0.6 is 0 Å².